The molecule has 3 aromatic rings. The van der Waals surface area contributed by atoms with Crippen LogP contribution in [0, 0.1) is 0 Å². The van der Waals surface area contributed by atoms with E-state index in [1.165, 1.54) is 0 Å². The molecule has 3 rings (SSSR count). The molecule has 140 valence electrons. The molecule has 0 unspecified atom stereocenters. The van der Waals surface area contributed by atoms with Gasteiger partial charge in [0.15, 0.2) is 0 Å². The third-order valence-electron chi connectivity index (χ3n) is 4.26. The van der Waals surface area contributed by atoms with E-state index < -0.39 is 0 Å². The van der Waals surface area contributed by atoms with Crippen molar-refractivity contribution in [2.45, 2.75) is 12.8 Å². The third-order valence-corrected chi connectivity index (χ3v) is 4.82. The quantitative estimate of drug-likeness (QED) is 0.532. The predicted molar refractivity (Wildman–Crippen MR) is 110 cm³/mol. The Bertz CT molecular complexity index is 836. The number of hydrogen-bond donors (Lipinski definition) is 3. The molecule has 7 heteroatoms. The number of phenols is 2. The molecule has 6 nitrogen and oxygen atoms in total. The fourth-order valence-corrected chi connectivity index (χ4v) is 3.21. The molecule has 1 aromatic heterocycles. The number of phenolic OH excluding ortho intramolecular Hbond substituents is 2. The second-order valence-corrected chi connectivity index (χ2v) is 7.07. The third kappa shape index (κ3) is 5.34. The number of benzene rings is 2. The highest BCUT2D eigenvalue weighted by molar-refractivity contribution is 9.10. The smallest absolute Gasteiger partial charge is 0.222 e. The largest absolute Gasteiger partial charge is 0.508 e. The second-order valence-electron chi connectivity index (χ2n) is 6.22. The first-order valence-electron chi connectivity index (χ1n) is 8.60. The molecule has 0 spiro atoms. The van der Waals surface area contributed by atoms with E-state index in [4.69, 9.17) is 5.73 Å². The van der Waals surface area contributed by atoms with Gasteiger partial charge in [0.05, 0.1) is 4.47 Å². The van der Waals surface area contributed by atoms with E-state index >= 15 is 0 Å². The van der Waals surface area contributed by atoms with Crippen LogP contribution in [0.25, 0.3) is 0 Å². The fraction of sp³-hybridized carbons (Fsp3) is 0.200. The zero-order valence-corrected chi connectivity index (χ0v) is 16.3. The van der Waals surface area contributed by atoms with Crippen LogP contribution in [0.5, 0.6) is 11.5 Å². The van der Waals surface area contributed by atoms with Gasteiger partial charge in [-0.05, 0) is 64.2 Å². The van der Waals surface area contributed by atoms with Gasteiger partial charge < -0.3 is 20.8 Å². The zero-order chi connectivity index (χ0) is 19.2. The van der Waals surface area contributed by atoms with Crippen molar-refractivity contribution in [1.29, 1.82) is 0 Å². The number of rotatable bonds is 7. The highest BCUT2D eigenvalue weighted by Crippen LogP contribution is 2.25. The Morgan fingerprint density at radius 1 is 0.852 bits per heavy atom. The molecule has 27 heavy (non-hydrogen) atoms. The number of anilines is 2. The summed E-state index contributed by atoms with van der Waals surface area (Å²) in [4.78, 5) is 10.6. The minimum Gasteiger partial charge on any atom is -0.508 e. The van der Waals surface area contributed by atoms with Crippen molar-refractivity contribution in [3.63, 3.8) is 0 Å². The van der Waals surface area contributed by atoms with Gasteiger partial charge in [-0.2, -0.15) is 4.98 Å². The van der Waals surface area contributed by atoms with E-state index in [-0.39, 0.29) is 17.4 Å². The van der Waals surface area contributed by atoms with Gasteiger partial charge in [-0.1, -0.05) is 24.3 Å². The summed E-state index contributed by atoms with van der Waals surface area (Å²) in [5.41, 5.74) is 8.04. The van der Waals surface area contributed by atoms with Gasteiger partial charge in [-0.15, -0.1) is 0 Å². The number of nitrogens with zero attached hydrogens (tertiary/aromatic N) is 3. The normalized spacial score (nSPS) is 10.7. The van der Waals surface area contributed by atoms with E-state index in [1.807, 2.05) is 24.3 Å². The number of hydrogen-bond acceptors (Lipinski definition) is 6. The van der Waals surface area contributed by atoms with Gasteiger partial charge in [-0.3, -0.25) is 0 Å². The highest BCUT2D eigenvalue weighted by Gasteiger charge is 2.14. The van der Waals surface area contributed by atoms with Gasteiger partial charge in [0.25, 0.3) is 0 Å². The summed E-state index contributed by atoms with van der Waals surface area (Å²) in [7, 11) is 0. The van der Waals surface area contributed by atoms with Crippen LogP contribution in [-0.2, 0) is 12.8 Å². The Kier molecular flexibility index (Phi) is 6.13. The lowest BCUT2D eigenvalue weighted by Crippen LogP contribution is -2.29. The molecular formula is C20H21BrN4O2. The molecular weight excluding hydrogens is 408 g/mol. The van der Waals surface area contributed by atoms with Crippen LogP contribution in [0.3, 0.4) is 0 Å². The maximum atomic E-state index is 9.44. The van der Waals surface area contributed by atoms with E-state index in [2.05, 4.69) is 30.8 Å². The Morgan fingerprint density at radius 3 is 1.81 bits per heavy atom. The Morgan fingerprint density at radius 2 is 1.33 bits per heavy atom. The van der Waals surface area contributed by atoms with Gasteiger partial charge in [-0.25, -0.2) is 4.98 Å². The highest BCUT2D eigenvalue weighted by atomic mass is 79.9. The molecule has 0 bridgehead atoms. The van der Waals surface area contributed by atoms with Crippen molar-refractivity contribution < 1.29 is 10.2 Å². The Balaban J connectivity index is 1.76. The first kappa shape index (κ1) is 19.0. The van der Waals surface area contributed by atoms with E-state index in [9.17, 15) is 10.2 Å². The zero-order valence-electron chi connectivity index (χ0n) is 14.7. The van der Waals surface area contributed by atoms with E-state index in [0.29, 0.717) is 0 Å². The van der Waals surface area contributed by atoms with Gasteiger partial charge in [0, 0.05) is 19.3 Å². The van der Waals surface area contributed by atoms with Crippen molar-refractivity contribution in [2.24, 2.45) is 0 Å². The monoisotopic (exact) mass is 428 g/mol. The summed E-state index contributed by atoms with van der Waals surface area (Å²) in [5, 5.41) is 18.9. The maximum Gasteiger partial charge on any atom is 0.222 e. The molecule has 0 fully saturated rings. The molecule has 0 saturated carbocycles. The summed E-state index contributed by atoms with van der Waals surface area (Å²) in [6.45, 7) is 1.47. The second kappa shape index (κ2) is 8.73. The molecule has 1 heterocycles. The fourth-order valence-electron chi connectivity index (χ4n) is 2.77. The number of nitrogen functional groups attached to an aromatic ring is 1. The van der Waals surface area contributed by atoms with Crippen LogP contribution in [0.4, 0.5) is 11.8 Å². The lowest BCUT2D eigenvalue weighted by atomic mass is 10.1. The molecule has 0 aliphatic heterocycles. The summed E-state index contributed by atoms with van der Waals surface area (Å²) in [6.07, 6.45) is 3.25. The van der Waals surface area contributed by atoms with Gasteiger partial charge >= 0.3 is 0 Å². The van der Waals surface area contributed by atoms with Crippen LogP contribution >= 0.6 is 15.9 Å². The number of aromatic hydroxyl groups is 2. The maximum absolute atomic E-state index is 9.44. The SMILES string of the molecule is Nc1ncc(Br)c(N(CCc2ccc(O)cc2)CCc2ccc(O)cc2)n1. The van der Waals surface area contributed by atoms with Crippen molar-refractivity contribution in [2.75, 3.05) is 23.7 Å². The molecule has 0 radical (unpaired) electrons. The average molecular weight is 429 g/mol. The van der Waals surface area contributed by atoms with Crippen LogP contribution in [-0.4, -0.2) is 33.3 Å². The first-order valence-corrected chi connectivity index (χ1v) is 9.39. The lowest BCUT2D eigenvalue weighted by molar-refractivity contribution is 0.474. The van der Waals surface area contributed by atoms with Crippen LogP contribution < -0.4 is 10.6 Å². The summed E-state index contributed by atoms with van der Waals surface area (Å²) < 4.78 is 0.785. The summed E-state index contributed by atoms with van der Waals surface area (Å²) in [6, 6.07) is 14.4. The predicted octanol–water partition coefficient (Wildman–Crippen LogP) is 3.52. The summed E-state index contributed by atoms with van der Waals surface area (Å²) in [5.74, 6) is 1.50. The molecule has 0 saturated heterocycles. The standard InChI is InChI=1S/C20H21BrN4O2/c21-18-13-23-20(22)24-19(18)25(11-9-14-1-5-16(26)6-2-14)12-10-15-3-7-17(27)8-4-15/h1-8,13,26-27H,9-12H2,(H2,22,23,24). The molecule has 0 atom stereocenters. The average Bonchev–Trinajstić information content (AvgIpc) is 2.67. The van der Waals surface area contributed by atoms with Crippen LogP contribution in [0.15, 0.2) is 59.2 Å². The van der Waals surface area contributed by atoms with Crippen LogP contribution in [0.1, 0.15) is 11.1 Å². The number of aromatic nitrogens is 2. The molecule has 2 aromatic carbocycles. The summed E-state index contributed by atoms with van der Waals surface area (Å²) >= 11 is 3.51. The van der Waals surface area contributed by atoms with Crippen LogP contribution in [0.2, 0.25) is 0 Å². The number of nitrogens with two attached hydrogens (primary N) is 1. The van der Waals surface area contributed by atoms with Gasteiger partial charge in [0.2, 0.25) is 5.95 Å². The van der Waals surface area contributed by atoms with Crippen molar-refractivity contribution >= 4 is 27.7 Å². The topological polar surface area (TPSA) is 95.5 Å². The molecule has 0 aliphatic carbocycles. The molecule has 0 aliphatic rings. The first-order chi connectivity index (χ1) is 13.0. The van der Waals surface area contributed by atoms with Gasteiger partial charge in [0.1, 0.15) is 17.3 Å². The minimum absolute atomic E-state index is 0.229. The van der Waals surface area contributed by atoms with E-state index in [1.54, 1.807) is 30.5 Å². The Hall–Kier alpha value is -2.80. The number of halogens is 1. The lowest BCUT2D eigenvalue weighted by Gasteiger charge is -2.25. The van der Waals surface area contributed by atoms with Crippen molar-refractivity contribution in [3.8, 4) is 11.5 Å². The van der Waals surface area contributed by atoms with Crippen molar-refractivity contribution in [1.82, 2.24) is 9.97 Å². The van der Waals surface area contributed by atoms with Crippen molar-refractivity contribution in [3.05, 3.63) is 70.3 Å². The van der Waals surface area contributed by atoms with E-state index in [0.717, 1.165) is 47.3 Å². The molecule has 0 amide bonds. The minimum atomic E-state index is 0.229. The Labute approximate surface area is 166 Å². The molecule has 4 N–H and O–H groups in total.